The van der Waals surface area contributed by atoms with Gasteiger partial charge in [-0.2, -0.15) is 0 Å². The Morgan fingerprint density at radius 1 is 1.27 bits per heavy atom. The zero-order valence-electron chi connectivity index (χ0n) is 13.1. The van der Waals surface area contributed by atoms with Gasteiger partial charge in [-0.05, 0) is 37.0 Å². The van der Waals surface area contributed by atoms with Gasteiger partial charge in [0.2, 0.25) is 0 Å². The molecule has 22 heavy (non-hydrogen) atoms. The number of carbonyl (C=O) groups is 2. The fourth-order valence-electron chi connectivity index (χ4n) is 2.01. The molecule has 1 atom stereocenters. The summed E-state index contributed by atoms with van der Waals surface area (Å²) in [6, 6.07) is 3.22. The Balaban J connectivity index is 3.09. The Labute approximate surface area is 130 Å². The van der Waals surface area contributed by atoms with E-state index in [0.717, 1.165) is 6.26 Å². The summed E-state index contributed by atoms with van der Waals surface area (Å²) >= 11 is 0. The maximum absolute atomic E-state index is 12.3. The largest absolute Gasteiger partial charge is 0.480 e. The molecule has 0 bridgehead atoms. The number of aliphatic carboxylic acids is 1. The summed E-state index contributed by atoms with van der Waals surface area (Å²) < 4.78 is 23.1. The second kappa shape index (κ2) is 6.91. The number of carbonyl (C=O) groups excluding carboxylic acids is 1. The van der Waals surface area contributed by atoms with Gasteiger partial charge in [0.1, 0.15) is 6.04 Å². The van der Waals surface area contributed by atoms with Crippen molar-refractivity contribution in [1.82, 2.24) is 5.32 Å². The fourth-order valence-corrected chi connectivity index (χ4v) is 2.65. The molecule has 0 aromatic heterocycles. The molecule has 0 aliphatic rings. The molecule has 0 radical (unpaired) electrons. The van der Waals surface area contributed by atoms with Crippen LogP contribution in [0.15, 0.2) is 23.1 Å². The van der Waals surface area contributed by atoms with E-state index in [0.29, 0.717) is 12.0 Å². The molecular formula is C15H21NO5S. The predicted molar refractivity (Wildman–Crippen MR) is 82.6 cm³/mol. The first kappa shape index (κ1) is 18.2. The first-order valence-corrected chi connectivity index (χ1v) is 8.76. The number of rotatable bonds is 6. The molecule has 1 aromatic rings. The normalized spacial score (nSPS) is 13.0. The van der Waals surface area contributed by atoms with E-state index in [9.17, 15) is 18.0 Å². The van der Waals surface area contributed by atoms with Gasteiger partial charge >= 0.3 is 5.97 Å². The van der Waals surface area contributed by atoms with Crippen LogP contribution in [0.2, 0.25) is 0 Å². The highest BCUT2D eigenvalue weighted by Gasteiger charge is 2.23. The van der Waals surface area contributed by atoms with Crippen molar-refractivity contribution in [2.45, 2.75) is 38.1 Å². The van der Waals surface area contributed by atoms with Gasteiger partial charge < -0.3 is 10.4 Å². The molecule has 6 nitrogen and oxygen atoms in total. The average molecular weight is 327 g/mol. The molecule has 122 valence electrons. The van der Waals surface area contributed by atoms with Crippen molar-refractivity contribution in [3.8, 4) is 0 Å². The summed E-state index contributed by atoms with van der Waals surface area (Å²) in [7, 11) is -3.44. The lowest BCUT2D eigenvalue weighted by atomic mass is 10.0. The summed E-state index contributed by atoms with van der Waals surface area (Å²) in [6.07, 6.45) is 1.35. The zero-order chi connectivity index (χ0) is 17.1. The van der Waals surface area contributed by atoms with Crippen molar-refractivity contribution in [3.63, 3.8) is 0 Å². The van der Waals surface area contributed by atoms with Crippen LogP contribution in [-0.2, 0) is 14.6 Å². The Kier molecular flexibility index (Phi) is 5.71. The van der Waals surface area contributed by atoms with E-state index in [1.807, 2.05) is 13.8 Å². The van der Waals surface area contributed by atoms with Crippen LogP contribution in [-0.4, -0.2) is 37.7 Å². The van der Waals surface area contributed by atoms with Crippen LogP contribution in [0.3, 0.4) is 0 Å². The first-order valence-electron chi connectivity index (χ1n) is 6.86. The maximum Gasteiger partial charge on any atom is 0.326 e. The van der Waals surface area contributed by atoms with Crippen molar-refractivity contribution in [2.75, 3.05) is 6.26 Å². The van der Waals surface area contributed by atoms with Crippen LogP contribution in [0.1, 0.15) is 36.2 Å². The van der Waals surface area contributed by atoms with E-state index in [2.05, 4.69) is 5.32 Å². The minimum absolute atomic E-state index is 0.0268. The standard InChI is InChI=1S/C15H21NO5S/c1-9(2)7-13(15(18)19)16-14(17)12-8-11(22(4,20)21)6-5-10(12)3/h5-6,8-9,13H,7H2,1-4H3,(H,16,17)(H,18,19)/t13-/m0/s1. The molecule has 0 saturated heterocycles. The van der Waals surface area contributed by atoms with Crippen molar-refractivity contribution < 1.29 is 23.1 Å². The minimum Gasteiger partial charge on any atom is -0.480 e. The van der Waals surface area contributed by atoms with Gasteiger partial charge in [0.05, 0.1) is 4.90 Å². The zero-order valence-corrected chi connectivity index (χ0v) is 13.9. The molecule has 1 amide bonds. The monoisotopic (exact) mass is 327 g/mol. The van der Waals surface area contributed by atoms with E-state index in [1.165, 1.54) is 18.2 Å². The van der Waals surface area contributed by atoms with Crippen LogP contribution in [0.4, 0.5) is 0 Å². The van der Waals surface area contributed by atoms with E-state index in [-0.39, 0.29) is 16.4 Å². The van der Waals surface area contributed by atoms with Gasteiger partial charge in [0.15, 0.2) is 9.84 Å². The summed E-state index contributed by atoms with van der Waals surface area (Å²) in [5, 5.41) is 11.6. The average Bonchev–Trinajstić information content (AvgIpc) is 2.36. The molecular weight excluding hydrogens is 306 g/mol. The number of aryl methyl sites for hydroxylation is 1. The highest BCUT2D eigenvalue weighted by Crippen LogP contribution is 2.16. The third-order valence-corrected chi connectivity index (χ3v) is 4.30. The lowest BCUT2D eigenvalue weighted by Crippen LogP contribution is -2.41. The molecule has 0 aliphatic carbocycles. The van der Waals surface area contributed by atoms with Crippen molar-refractivity contribution in [2.24, 2.45) is 5.92 Å². The summed E-state index contributed by atoms with van der Waals surface area (Å²) in [4.78, 5) is 23.5. The quantitative estimate of drug-likeness (QED) is 0.827. The number of amides is 1. The number of nitrogens with one attached hydrogen (secondary N) is 1. The lowest BCUT2D eigenvalue weighted by Gasteiger charge is -2.17. The van der Waals surface area contributed by atoms with Gasteiger partial charge in [0.25, 0.3) is 5.91 Å². The second-order valence-corrected chi connectivity index (χ2v) is 7.76. The van der Waals surface area contributed by atoms with Gasteiger partial charge in [-0.25, -0.2) is 13.2 Å². The van der Waals surface area contributed by atoms with E-state index >= 15 is 0 Å². The van der Waals surface area contributed by atoms with E-state index in [4.69, 9.17) is 5.11 Å². The molecule has 0 spiro atoms. The van der Waals surface area contributed by atoms with Gasteiger partial charge in [-0.15, -0.1) is 0 Å². The Bertz CT molecular complexity index is 679. The molecule has 7 heteroatoms. The number of sulfone groups is 1. The molecule has 2 N–H and O–H groups in total. The predicted octanol–water partition coefficient (Wildman–Crippen LogP) is 1.63. The smallest absolute Gasteiger partial charge is 0.326 e. The Morgan fingerprint density at radius 2 is 1.86 bits per heavy atom. The summed E-state index contributed by atoms with van der Waals surface area (Å²) in [5.41, 5.74) is 0.747. The van der Waals surface area contributed by atoms with Gasteiger partial charge in [-0.3, -0.25) is 4.79 Å². The number of hydrogen-bond acceptors (Lipinski definition) is 4. The third kappa shape index (κ3) is 4.84. The summed E-state index contributed by atoms with van der Waals surface area (Å²) in [6.45, 7) is 5.38. The van der Waals surface area contributed by atoms with Gasteiger partial charge in [0, 0.05) is 11.8 Å². The van der Waals surface area contributed by atoms with E-state index in [1.54, 1.807) is 6.92 Å². The topological polar surface area (TPSA) is 101 Å². The van der Waals surface area contributed by atoms with Crippen LogP contribution in [0.5, 0.6) is 0 Å². The van der Waals surface area contributed by atoms with Crippen LogP contribution >= 0.6 is 0 Å². The fraction of sp³-hybridized carbons (Fsp3) is 0.467. The Morgan fingerprint density at radius 3 is 2.32 bits per heavy atom. The molecule has 0 fully saturated rings. The summed E-state index contributed by atoms with van der Waals surface area (Å²) in [5.74, 6) is -1.60. The highest BCUT2D eigenvalue weighted by molar-refractivity contribution is 7.90. The van der Waals surface area contributed by atoms with Crippen LogP contribution < -0.4 is 5.32 Å². The number of carboxylic acid groups (broad SMARTS) is 1. The number of hydrogen-bond donors (Lipinski definition) is 2. The van der Waals surface area contributed by atoms with Crippen LogP contribution in [0.25, 0.3) is 0 Å². The molecule has 0 saturated carbocycles. The number of carboxylic acids is 1. The SMILES string of the molecule is Cc1ccc(S(C)(=O)=O)cc1C(=O)N[C@@H](CC(C)C)C(=O)O. The Hall–Kier alpha value is -1.89. The third-order valence-electron chi connectivity index (χ3n) is 3.19. The number of benzene rings is 1. The van der Waals surface area contributed by atoms with Gasteiger partial charge in [-0.1, -0.05) is 19.9 Å². The lowest BCUT2D eigenvalue weighted by molar-refractivity contribution is -0.139. The highest BCUT2D eigenvalue weighted by atomic mass is 32.2. The second-order valence-electron chi connectivity index (χ2n) is 5.74. The van der Waals surface area contributed by atoms with Crippen LogP contribution in [0, 0.1) is 12.8 Å². The van der Waals surface area contributed by atoms with Crippen molar-refractivity contribution >= 4 is 21.7 Å². The maximum atomic E-state index is 12.3. The molecule has 0 aliphatic heterocycles. The van der Waals surface area contributed by atoms with Crippen molar-refractivity contribution in [3.05, 3.63) is 29.3 Å². The first-order chi connectivity index (χ1) is 10.0. The molecule has 1 rings (SSSR count). The molecule has 1 aromatic carbocycles. The van der Waals surface area contributed by atoms with E-state index < -0.39 is 27.8 Å². The minimum atomic E-state index is -3.44. The molecule has 0 heterocycles. The molecule has 0 unspecified atom stereocenters. The van der Waals surface area contributed by atoms with Crippen molar-refractivity contribution in [1.29, 1.82) is 0 Å².